The summed E-state index contributed by atoms with van der Waals surface area (Å²) in [6.07, 6.45) is 4.36. The van der Waals surface area contributed by atoms with Crippen LogP contribution in [0, 0.1) is 0 Å². The van der Waals surface area contributed by atoms with E-state index in [0.717, 1.165) is 45.3 Å². The molecule has 228 valence electrons. The van der Waals surface area contributed by atoms with Crippen molar-refractivity contribution >= 4 is 67.8 Å². The minimum absolute atomic E-state index is 1.12. The summed E-state index contributed by atoms with van der Waals surface area (Å²) in [5.41, 5.74) is 9.09. The van der Waals surface area contributed by atoms with Gasteiger partial charge < -0.3 is 9.80 Å². The third kappa shape index (κ3) is 5.95. The number of benzene rings is 8. The van der Waals surface area contributed by atoms with Gasteiger partial charge >= 0.3 is 0 Å². The first-order chi connectivity index (χ1) is 23.8. The van der Waals surface area contributed by atoms with Gasteiger partial charge in [-0.3, -0.25) is 0 Å². The van der Waals surface area contributed by atoms with Crippen molar-refractivity contribution in [3.05, 3.63) is 205 Å². The highest BCUT2D eigenvalue weighted by Crippen LogP contribution is 2.40. The zero-order chi connectivity index (χ0) is 32.1. The molecule has 0 spiro atoms. The van der Waals surface area contributed by atoms with Gasteiger partial charge in [-0.2, -0.15) is 0 Å². The van der Waals surface area contributed by atoms with E-state index in [1.54, 1.807) is 0 Å². The maximum Gasteiger partial charge on any atom is 0.0540 e. The van der Waals surface area contributed by atoms with Crippen LogP contribution in [0.15, 0.2) is 194 Å². The maximum atomic E-state index is 2.37. The molecule has 0 aliphatic rings. The largest absolute Gasteiger partial charge is 0.311 e. The van der Waals surface area contributed by atoms with Crippen molar-refractivity contribution in [3.8, 4) is 0 Å². The summed E-state index contributed by atoms with van der Waals surface area (Å²) in [5.74, 6) is 0. The zero-order valence-corrected chi connectivity index (χ0v) is 26.5. The molecular weight excluding hydrogens is 581 g/mol. The Morgan fingerprint density at radius 3 is 1.38 bits per heavy atom. The molecule has 0 amide bonds. The summed E-state index contributed by atoms with van der Waals surface area (Å²) in [4.78, 5) is 4.65. The second-order valence-electron chi connectivity index (χ2n) is 11.9. The number of anilines is 6. The Labute approximate surface area is 282 Å². The Bertz CT molecular complexity index is 2280. The van der Waals surface area contributed by atoms with Gasteiger partial charge in [-0.25, -0.2) is 0 Å². The van der Waals surface area contributed by atoms with Gasteiger partial charge in [0.05, 0.1) is 5.69 Å². The van der Waals surface area contributed by atoms with Crippen molar-refractivity contribution in [3.63, 3.8) is 0 Å². The fourth-order valence-electron chi connectivity index (χ4n) is 6.41. The van der Waals surface area contributed by atoms with E-state index in [9.17, 15) is 0 Å². The summed E-state index contributed by atoms with van der Waals surface area (Å²) in [6.45, 7) is 0. The van der Waals surface area contributed by atoms with Crippen molar-refractivity contribution in [2.24, 2.45) is 0 Å². The minimum Gasteiger partial charge on any atom is -0.311 e. The van der Waals surface area contributed by atoms with Gasteiger partial charge in [0.1, 0.15) is 0 Å². The molecule has 0 N–H and O–H groups in total. The lowest BCUT2D eigenvalue weighted by molar-refractivity contribution is 1.28. The van der Waals surface area contributed by atoms with Crippen LogP contribution in [0.4, 0.5) is 34.1 Å². The van der Waals surface area contributed by atoms with Crippen molar-refractivity contribution in [1.82, 2.24) is 0 Å². The molecule has 0 saturated carbocycles. The molecule has 0 atom stereocenters. The Balaban J connectivity index is 1.09. The summed E-state index contributed by atoms with van der Waals surface area (Å²) in [6, 6.07) is 69.0. The molecule has 0 unspecified atom stereocenters. The summed E-state index contributed by atoms with van der Waals surface area (Å²) in [7, 11) is 0. The average molecular weight is 615 g/mol. The van der Waals surface area contributed by atoms with Crippen LogP contribution in [0.2, 0.25) is 0 Å². The van der Waals surface area contributed by atoms with E-state index in [1.807, 2.05) is 0 Å². The van der Waals surface area contributed by atoms with Crippen LogP contribution < -0.4 is 9.80 Å². The lowest BCUT2D eigenvalue weighted by atomic mass is 10.0. The molecule has 0 radical (unpaired) electrons. The smallest absolute Gasteiger partial charge is 0.0540 e. The second-order valence-corrected chi connectivity index (χ2v) is 11.9. The van der Waals surface area contributed by atoms with Gasteiger partial charge in [0.25, 0.3) is 0 Å². The molecule has 8 rings (SSSR count). The van der Waals surface area contributed by atoms with E-state index in [2.05, 4.69) is 216 Å². The molecular formula is C46H34N2. The van der Waals surface area contributed by atoms with Crippen LogP contribution in [-0.4, -0.2) is 0 Å². The number of hydrogen-bond donors (Lipinski definition) is 0. The van der Waals surface area contributed by atoms with Gasteiger partial charge in [-0.1, -0.05) is 140 Å². The second kappa shape index (κ2) is 13.2. The predicted molar refractivity (Wildman–Crippen MR) is 206 cm³/mol. The fraction of sp³-hybridized carbons (Fsp3) is 0. The Hall–Kier alpha value is -6.38. The van der Waals surface area contributed by atoms with Gasteiger partial charge in [0.2, 0.25) is 0 Å². The number of nitrogens with zero attached hydrogens (tertiary/aromatic N) is 2. The molecule has 48 heavy (non-hydrogen) atoms. The van der Waals surface area contributed by atoms with E-state index in [0.29, 0.717) is 0 Å². The van der Waals surface area contributed by atoms with Gasteiger partial charge in [-0.05, 0) is 94.0 Å². The maximum absolute atomic E-state index is 2.37. The Morgan fingerprint density at radius 2 is 0.750 bits per heavy atom. The third-order valence-electron chi connectivity index (χ3n) is 8.80. The average Bonchev–Trinajstić information content (AvgIpc) is 3.16. The lowest BCUT2D eigenvalue weighted by Gasteiger charge is -2.27. The van der Waals surface area contributed by atoms with Gasteiger partial charge in [0, 0.05) is 33.8 Å². The van der Waals surface area contributed by atoms with Crippen LogP contribution in [0.3, 0.4) is 0 Å². The van der Waals surface area contributed by atoms with Crippen LogP contribution in [0.1, 0.15) is 11.1 Å². The van der Waals surface area contributed by atoms with Crippen LogP contribution in [0.25, 0.3) is 33.7 Å². The molecule has 0 fully saturated rings. The highest BCUT2D eigenvalue weighted by atomic mass is 15.1. The van der Waals surface area contributed by atoms with Crippen LogP contribution >= 0.6 is 0 Å². The molecule has 0 aliphatic heterocycles. The highest BCUT2D eigenvalue weighted by molar-refractivity contribution is 6.00. The highest BCUT2D eigenvalue weighted by Gasteiger charge is 2.16. The SMILES string of the molecule is C(=C\c1ccc(N(c2ccc3ccccc3c2)c2cccc3ccccc23)cc1)/c1ccc(N(c2ccccc2)c2ccccc2)cc1. The standard InChI is InChI=1S/C46H34N2/c1-3-16-40(17-4-1)47(41-18-5-2-6-19-41)42-29-24-35(25-30-42)22-23-36-26-31-43(32-27-36)48(44-33-28-37-12-7-8-14-39(37)34-44)46-21-11-15-38-13-9-10-20-45(38)46/h1-34H/b23-22+. The monoisotopic (exact) mass is 614 g/mol. The van der Waals surface area contributed by atoms with E-state index < -0.39 is 0 Å². The van der Waals surface area contributed by atoms with E-state index in [-0.39, 0.29) is 0 Å². The number of hydrogen-bond acceptors (Lipinski definition) is 2. The number of para-hydroxylation sites is 2. The Kier molecular flexibility index (Phi) is 7.96. The molecule has 0 bridgehead atoms. The van der Waals surface area contributed by atoms with Crippen LogP contribution in [0.5, 0.6) is 0 Å². The van der Waals surface area contributed by atoms with Crippen molar-refractivity contribution in [2.75, 3.05) is 9.80 Å². The molecule has 8 aromatic rings. The lowest BCUT2D eigenvalue weighted by Crippen LogP contribution is -2.10. The zero-order valence-electron chi connectivity index (χ0n) is 26.5. The molecule has 0 heterocycles. The molecule has 8 aromatic carbocycles. The molecule has 0 aromatic heterocycles. The molecule has 0 aliphatic carbocycles. The first-order valence-electron chi connectivity index (χ1n) is 16.4. The summed E-state index contributed by atoms with van der Waals surface area (Å²) in [5, 5.41) is 4.91. The topological polar surface area (TPSA) is 6.48 Å². The molecule has 2 nitrogen and oxygen atoms in total. The van der Waals surface area contributed by atoms with Crippen molar-refractivity contribution in [1.29, 1.82) is 0 Å². The first-order valence-corrected chi connectivity index (χ1v) is 16.4. The van der Waals surface area contributed by atoms with Crippen molar-refractivity contribution < 1.29 is 0 Å². The minimum atomic E-state index is 1.12. The number of rotatable bonds is 8. The third-order valence-corrected chi connectivity index (χ3v) is 8.80. The van der Waals surface area contributed by atoms with E-state index >= 15 is 0 Å². The predicted octanol–water partition coefficient (Wildman–Crippen LogP) is 13.1. The number of fused-ring (bicyclic) bond motifs is 2. The van der Waals surface area contributed by atoms with Crippen LogP contribution in [-0.2, 0) is 0 Å². The Morgan fingerprint density at radius 1 is 0.292 bits per heavy atom. The van der Waals surface area contributed by atoms with Gasteiger partial charge in [-0.15, -0.1) is 0 Å². The van der Waals surface area contributed by atoms with E-state index in [4.69, 9.17) is 0 Å². The molecule has 2 heteroatoms. The summed E-state index contributed by atoms with van der Waals surface area (Å²) < 4.78 is 0. The first kappa shape index (κ1) is 29.1. The fourth-order valence-corrected chi connectivity index (χ4v) is 6.41. The summed E-state index contributed by atoms with van der Waals surface area (Å²) >= 11 is 0. The van der Waals surface area contributed by atoms with Crippen molar-refractivity contribution in [2.45, 2.75) is 0 Å². The molecule has 0 saturated heterocycles. The normalized spacial score (nSPS) is 11.2. The quantitative estimate of drug-likeness (QED) is 0.157. The van der Waals surface area contributed by atoms with Gasteiger partial charge in [0.15, 0.2) is 0 Å². The van der Waals surface area contributed by atoms with E-state index in [1.165, 1.54) is 21.5 Å².